The summed E-state index contributed by atoms with van der Waals surface area (Å²) in [6, 6.07) is 7.24. The van der Waals surface area contributed by atoms with Gasteiger partial charge in [-0.15, -0.1) is 11.3 Å². The van der Waals surface area contributed by atoms with Gasteiger partial charge in [-0.2, -0.15) is 5.10 Å². The minimum atomic E-state index is -0.263. The molecule has 9 heteroatoms. The Hall–Kier alpha value is -3.33. The molecular formula is C17H14N6O2S. The van der Waals surface area contributed by atoms with Crippen LogP contribution in [0.1, 0.15) is 15.2 Å². The van der Waals surface area contributed by atoms with Crippen LogP contribution < -0.4 is 10.9 Å². The van der Waals surface area contributed by atoms with Crippen molar-refractivity contribution in [1.82, 2.24) is 24.3 Å². The number of carbonyl (C=O) groups is 1. The van der Waals surface area contributed by atoms with Crippen molar-refractivity contribution in [2.75, 3.05) is 5.32 Å². The second kappa shape index (κ2) is 6.19. The van der Waals surface area contributed by atoms with Gasteiger partial charge in [0.2, 0.25) is 0 Å². The van der Waals surface area contributed by atoms with E-state index < -0.39 is 0 Å². The summed E-state index contributed by atoms with van der Waals surface area (Å²) in [5, 5.41) is 7.41. The van der Waals surface area contributed by atoms with Crippen LogP contribution >= 0.6 is 11.3 Å². The molecule has 1 N–H and O–H groups in total. The van der Waals surface area contributed by atoms with Crippen molar-refractivity contribution in [3.8, 4) is 5.69 Å². The normalized spacial score (nSPS) is 11.0. The van der Waals surface area contributed by atoms with E-state index in [1.807, 2.05) is 12.1 Å². The molecule has 4 aromatic rings. The van der Waals surface area contributed by atoms with Gasteiger partial charge in [-0.05, 0) is 36.8 Å². The summed E-state index contributed by atoms with van der Waals surface area (Å²) in [6.07, 6.45) is 4.52. The lowest BCUT2D eigenvalue weighted by Crippen LogP contribution is -2.17. The molecule has 0 aliphatic rings. The molecular weight excluding hydrogens is 352 g/mol. The predicted octanol–water partition coefficient (Wildman–Crippen LogP) is 2.14. The number of rotatable bonds is 3. The Morgan fingerprint density at radius 1 is 1.19 bits per heavy atom. The van der Waals surface area contributed by atoms with E-state index in [9.17, 15) is 9.59 Å². The van der Waals surface area contributed by atoms with Gasteiger partial charge in [0.15, 0.2) is 0 Å². The Kier molecular flexibility index (Phi) is 3.85. The number of benzene rings is 1. The fourth-order valence-electron chi connectivity index (χ4n) is 2.65. The number of anilines is 1. The molecule has 1 amide bonds. The maximum Gasteiger partial charge on any atom is 0.266 e. The molecule has 3 aromatic heterocycles. The van der Waals surface area contributed by atoms with Gasteiger partial charge in [0, 0.05) is 12.7 Å². The first-order valence-electron chi connectivity index (χ1n) is 7.76. The van der Waals surface area contributed by atoms with Crippen molar-refractivity contribution in [3.63, 3.8) is 0 Å². The maximum atomic E-state index is 12.6. The Bertz CT molecular complexity index is 1160. The maximum absolute atomic E-state index is 12.6. The number of aromatic nitrogens is 5. The summed E-state index contributed by atoms with van der Waals surface area (Å²) in [7, 11) is 1.64. The summed E-state index contributed by atoms with van der Waals surface area (Å²) in [4.78, 5) is 34.1. The van der Waals surface area contributed by atoms with Crippen LogP contribution in [-0.4, -0.2) is 30.2 Å². The van der Waals surface area contributed by atoms with Crippen LogP contribution in [0.2, 0.25) is 0 Å². The van der Waals surface area contributed by atoms with E-state index in [-0.39, 0.29) is 11.5 Å². The van der Waals surface area contributed by atoms with E-state index in [2.05, 4.69) is 20.4 Å². The summed E-state index contributed by atoms with van der Waals surface area (Å²) < 4.78 is 3.04. The van der Waals surface area contributed by atoms with Crippen molar-refractivity contribution in [2.24, 2.45) is 7.05 Å². The third kappa shape index (κ3) is 2.68. The van der Waals surface area contributed by atoms with Crippen molar-refractivity contribution in [1.29, 1.82) is 0 Å². The van der Waals surface area contributed by atoms with E-state index in [1.54, 1.807) is 37.1 Å². The monoisotopic (exact) mass is 366 g/mol. The van der Waals surface area contributed by atoms with Crippen molar-refractivity contribution < 1.29 is 4.79 Å². The first-order chi connectivity index (χ1) is 12.5. The van der Waals surface area contributed by atoms with Crippen molar-refractivity contribution >= 4 is 33.1 Å². The predicted molar refractivity (Wildman–Crippen MR) is 98.9 cm³/mol. The quantitative estimate of drug-likeness (QED) is 0.599. The van der Waals surface area contributed by atoms with Gasteiger partial charge in [-0.3, -0.25) is 9.59 Å². The van der Waals surface area contributed by atoms with E-state index >= 15 is 0 Å². The average molecular weight is 366 g/mol. The molecule has 0 saturated heterocycles. The Morgan fingerprint density at radius 2 is 1.96 bits per heavy atom. The first-order valence-corrected chi connectivity index (χ1v) is 8.57. The Morgan fingerprint density at radius 3 is 2.65 bits per heavy atom. The number of hydrogen-bond donors (Lipinski definition) is 1. The molecule has 1 aromatic carbocycles. The van der Waals surface area contributed by atoms with Gasteiger partial charge in [0.1, 0.15) is 17.5 Å². The van der Waals surface area contributed by atoms with Gasteiger partial charge < -0.3 is 9.88 Å². The molecule has 0 unspecified atom stereocenters. The van der Waals surface area contributed by atoms with Gasteiger partial charge >= 0.3 is 0 Å². The number of nitrogens with zero attached hydrogens (tertiary/aromatic N) is 5. The fourth-order valence-corrected chi connectivity index (χ4v) is 3.69. The Balaban J connectivity index is 1.62. The van der Waals surface area contributed by atoms with Crippen molar-refractivity contribution in [2.45, 2.75) is 6.92 Å². The molecule has 3 heterocycles. The highest BCUT2D eigenvalue weighted by molar-refractivity contribution is 7.20. The van der Waals surface area contributed by atoms with Crippen LogP contribution in [0.3, 0.4) is 0 Å². The molecule has 4 rings (SSSR count). The molecule has 8 nitrogen and oxygen atoms in total. The van der Waals surface area contributed by atoms with Gasteiger partial charge in [0.25, 0.3) is 11.5 Å². The lowest BCUT2D eigenvalue weighted by Gasteiger charge is -2.06. The molecule has 0 aliphatic carbocycles. The number of amides is 1. The fraction of sp³-hybridized carbons (Fsp3) is 0.118. The molecule has 0 spiro atoms. The smallest absolute Gasteiger partial charge is 0.266 e. The Labute approximate surface area is 151 Å². The zero-order valence-corrected chi connectivity index (χ0v) is 14.8. The molecule has 0 saturated carbocycles. The molecule has 0 atom stereocenters. The van der Waals surface area contributed by atoms with E-state index in [0.29, 0.717) is 26.3 Å². The summed E-state index contributed by atoms with van der Waals surface area (Å²) in [5.41, 5.74) is 1.98. The van der Waals surface area contributed by atoms with Crippen LogP contribution in [0.15, 0.2) is 48.0 Å². The number of thiophene rings is 1. The van der Waals surface area contributed by atoms with Gasteiger partial charge in [-0.1, -0.05) is 0 Å². The number of hydrogen-bond acceptors (Lipinski definition) is 6. The van der Waals surface area contributed by atoms with Gasteiger partial charge in [-0.25, -0.2) is 14.6 Å². The van der Waals surface area contributed by atoms with E-state index in [4.69, 9.17) is 0 Å². The zero-order chi connectivity index (χ0) is 18.3. The second-order valence-electron chi connectivity index (χ2n) is 5.74. The van der Waals surface area contributed by atoms with Crippen LogP contribution in [0.25, 0.3) is 15.9 Å². The summed E-state index contributed by atoms with van der Waals surface area (Å²) >= 11 is 1.22. The SMILES string of the molecule is Cc1c(C(=O)Nc2ccc(-n3cncn3)cc2)sc2ncn(C)c(=O)c12. The largest absolute Gasteiger partial charge is 0.321 e. The number of fused-ring (bicyclic) bond motifs is 1. The molecule has 0 bridgehead atoms. The highest BCUT2D eigenvalue weighted by Gasteiger charge is 2.19. The number of aryl methyl sites for hydroxylation is 2. The molecule has 130 valence electrons. The average Bonchev–Trinajstić information content (AvgIpc) is 3.27. The minimum Gasteiger partial charge on any atom is -0.321 e. The summed E-state index contributed by atoms with van der Waals surface area (Å²) in [6.45, 7) is 1.77. The lowest BCUT2D eigenvalue weighted by atomic mass is 10.2. The van der Waals surface area contributed by atoms with Crippen LogP contribution in [-0.2, 0) is 7.05 Å². The van der Waals surface area contributed by atoms with Crippen LogP contribution in [0, 0.1) is 6.92 Å². The highest BCUT2D eigenvalue weighted by atomic mass is 32.1. The third-order valence-electron chi connectivity index (χ3n) is 4.03. The molecule has 0 fully saturated rings. The minimum absolute atomic E-state index is 0.153. The van der Waals surface area contributed by atoms with Crippen LogP contribution in [0.4, 0.5) is 5.69 Å². The number of carbonyl (C=O) groups excluding carboxylic acids is 1. The van der Waals surface area contributed by atoms with Gasteiger partial charge in [0.05, 0.1) is 22.3 Å². The first kappa shape index (κ1) is 16.2. The topological polar surface area (TPSA) is 94.7 Å². The van der Waals surface area contributed by atoms with Crippen LogP contribution in [0.5, 0.6) is 0 Å². The highest BCUT2D eigenvalue weighted by Crippen LogP contribution is 2.27. The van der Waals surface area contributed by atoms with E-state index in [0.717, 1.165) is 5.69 Å². The summed E-state index contributed by atoms with van der Waals surface area (Å²) in [5.74, 6) is -0.263. The zero-order valence-electron chi connectivity index (χ0n) is 14.0. The lowest BCUT2D eigenvalue weighted by molar-refractivity contribution is 0.103. The van der Waals surface area contributed by atoms with Crippen molar-refractivity contribution in [3.05, 3.63) is 64.0 Å². The molecule has 26 heavy (non-hydrogen) atoms. The van der Waals surface area contributed by atoms with E-state index in [1.165, 1.54) is 28.6 Å². The standard InChI is InChI=1S/C17H14N6O2S/c1-10-13-16(19-9-22(2)17(13)25)26-14(10)15(24)21-11-3-5-12(6-4-11)23-8-18-7-20-23/h3-9H,1-2H3,(H,21,24). The third-order valence-corrected chi connectivity index (χ3v) is 5.22. The molecule has 0 aliphatic heterocycles. The molecule has 0 radical (unpaired) electrons. The number of nitrogens with one attached hydrogen (secondary N) is 1. The second-order valence-corrected chi connectivity index (χ2v) is 6.74.